The highest BCUT2D eigenvalue weighted by molar-refractivity contribution is 5.71. The highest BCUT2D eigenvalue weighted by Crippen LogP contribution is 2.17. The maximum absolute atomic E-state index is 12.9. The second-order valence-electron chi connectivity index (χ2n) is 22.0. The van der Waals surface area contributed by atoms with Gasteiger partial charge in [-0.05, 0) is 83.5 Å². The van der Waals surface area contributed by atoms with E-state index in [4.69, 9.17) is 14.2 Å². The third-order valence-electron chi connectivity index (χ3n) is 14.4. The van der Waals surface area contributed by atoms with Gasteiger partial charge in [0.25, 0.3) is 0 Å². The van der Waals surface area contributed by atoms with Gasteiger partial charge in [-0.15, -0.1) is 0 Å². The Morgan fingerprint density at radius 3 is 0.842 bits per heavy atom. The summed E-state index contributed by atoms with van der Waals surface area (Å²) in [6.07, 6.45) is 83.5. The lowest BCUT2D eigenvalue weighted by Crippen LogP contribution is -2.30. The van der Waals surface area contributed by atoms with E-state index in [1.165, 1.54) is 186 Å². The molecule has 1 unspecified atom stereocenters. The Hall–Kier alpha value is -3.15. The van der Waals surface area contributed by atoms with Crippen LogP contribution in [0.4, 0.5) is 0 Å². The molecule has 1 atom stereocenters. The van der Waals surface area contributed by atoms with Gasteiger partial charge in [-0.1, -0.05) is 306 Å². The van der Waals surface area contributed by atoms with Gasteiger partial charge in [-0.2, -0.15) is 0 Å². The van der Waals surface area contributed by atoms with Crippen molar-refractivity contribution in [2.24, 2.45) is 0 Å². The van der Waals surface area contributed by atoms with Crippen LogP contribution in [0.1, 0.15) is 335 Å². The van der Waals surface area contributed by atoms with E-state index in [0.29, 0.717) is 19.3 Å². The summed E-state index contributed by atoms with van der Waals surface area (Å²) in [5, 5.41) is 0. The number of allylic oxidation sites excluding steroid dienone is 12. The first-order valence-electron chi connectivity index (χ1n) is 32.9. The number of ether oxygens (including phenoxy) is 3. The highest BCUT2D eigenvalue weighted by Gasteiger charge is 2.19. The molecular formula is C70H124O6. The molecule has 0 amide bonds. The number of unbranched alkanes of at least 4 members (excludes halogenated alkanes) is 37. The molecule has 0 aliphatic heterocycles. The summed E-state index contributed by atoms with van der Waals surface area (Å²) in [7, 11) is 0. The minimum absolute atomic E-state index is 0.0757. The average Bonchev–Trinajstić information content (AvgIpc) is 3.42. The van der Waals surface area contributed by atoms with Crippen LogP contribution in [0.25, 0.3) is 0 Å². The molecule has 0 rings (SSSR count). The first-order valence-corrected chi connectivity index (χ1v) is 32.9. The molecule has 6 heteroatoms. The van der Waals surface area contributed by atoms with Crippen LogP contribution in [-0.4, -0.2) is 37.2 Å². The highest BCUT2D eigenvalue weighted by atomic mass is 16.6. The van der Waals surface area contributed by atoms with Crippen molar-refractivity contribution >= 4 is 17.9 Å². The van der Waals surface area contributed by atoms with Crippen molar-refractivity contribution < 1.29 is 28.6 Å². The maximum atomic E-state index is 12.9. The standard InChI is InChI=1S/C70H124O6/c1-4-7-10-13-16-19-22-25-27-28-29-30-31-32-33-34-35-36-37-38-39-40-41-42-43-46-48-51-54-57-60-63-69(72)75-66-67(65-74-68(71)62-59-56-53-50-47-44-24-21-18-15-12-9-6-3)76-70(73)64-61-58-55-52-49-45-26-23-20-17-14-11-8-5-2/h7,10,14,16-17,19,23,25-27,29-30,67H,4-6,8-9,11-13,15,18,20-22,24,28,31-66H2,1-3H3/b10-7-,17-14-,19-16-,26-23-,27-25-,30-29-. The van der Waals surface area contributed by atoms with Gasteiger partial charge in [-0.25, -0.2) is 0 Å². The lowest BCUT2D eigenvalue weighted by atomic mass is 10.0. The van der Waals surface area contributed by atoms with Crippen LogP contribution in [0.2, 0.25) is 0 Å². The number of carbonyl (C=O) groups excluding carboxylic acids is 3. The van der Waals surface area contributed by atoms with E-state index in [-0.39, 0.29) is 31.1 Å². The van der Waals surface area contributed by atoms with Gasteiger partial charge in [0.2, 0.25) is 0 Å². The SMILES string of the molecule is CC/C=C\C/C=C\C/C=C\C/C=C\CCCCCCCCCCCCCCCCCCCCC(=O)OCC(COC(=O)CCCCCCCCCCCCCCC)OC(=O)CCCCCCC/C=C\C/C=C\CCCC. The Balaban J connectivity index is 4.14. The summed E-state index contributed by atoms with van der Waals surface area (Å²) in [6.45, 7) is 6.51. The minimum Gasteiger partial charge on any atom is -0.462 e. The summed E-state index contributed by atoms with van der Waals surface area (Å²) in [4.78, 5) is 38.2. The van der Waals surface area contributed by atoms with Crippen molar-refractivity contribution in [2.75, 3.05) is 13.2 Å². The normalized spacial score (nSPS) is 12.5. The monoisotopic (exact) mass is 1060 g/mol. The third kappa shape index (κ3) is 61.7. The molecule has 0 heterocycles. The predicted octanol–water partition coefficient (Wildman–Crippen LogP) is 22.5. The number of hydrogen-bond acceptors (Lipinski definition) is 6. The smallest absolute Gasteiger partial charge is 0.306 e. The molecule has 0 aromatic rings. The fraction of sp³-hybridized carbons (Fsp3) is 0.786. The van der Waals surface area contributed by atoms with Crippen LogP contribution in [0.5, 0.6) is 0 Å². The summed E-state index contributed by atoms with van der Waals surface area (Å²) in [6, 6.07) is 0. The molecule has 0 aliphatic rings. The number of carbonyl (C=O) groups is 3. The minimum atomic E-state index is -0.779. The number of hydrogen-bond donors (Lipinski definition) is 0. The Labute approximate surface area is 472 Å². The first kappa shape index (κ1) is 72.8. The van der Waals surface area contributed by atoms with Crippen LogP contribution in [0, 0.1) is 0 Å². The van der Waals surface area contributed by atoms with Gasteiger partial charge >= 0.3 is 17.9 Å². The van der Waals surface area contributed by atoms with Crippen molar-refractivity contribution in [3.8, 4) is 0 Å². The maximum Gasteiger partial charge on any atom is 0.306 e. The molecule has 6 nitrogen and oxygen atoms in total. The molecule has 0 saturated heterocycles. The fourth-order valence-electron chi connectivity index (χ4n) is 9.51. The van der Waals surface area contributed by atoms with Crippen LogP contribution in [-0.2, 0) is 28.6 Å². The van der Waals surface area contributed by atoms with Gasteiger partial charge in [-0.3, -0.25) is 14.4 Å². The third-order valence-corrected chi connectivity index (χ3v) is 14.4. The molecule has 0 aromatic heterocycles. The molecule has 0 spiro atoms. The van der Waals surface area contributed by atoms with Gasteiger partial charge < -0.3 is 14.2 Å². The van der Waals surface area contributed by atoms with Crippen LogP contribution >= 0.6 is 0 Å². The molecule has 440 valence electrons. The van der Waals surface area contributed by atoms with Crippen molar-refractivity contribution in [1.29, 1.82) is 0 Å². The van der Waals surface area contributed by atoms with Crippen molar-refractivity contribution in [1.82, 2.24) is 0 Å². The Kier molecular flexibility index (Phi) is 61.7. The number of esters is 3. The summed E-state index contributed by atoms with van der Waals surface area (Å²) in [5.41, 5.74) is 0. The van der Waals surface area contributed by atoms with Gasteiger partial charge in [0.15, 0.2) is 6.10 Å². The van der Waals surface area contributed by atoms with E-state index in [0.717, 1.165) is 109 Å². The molecule has 0 aromatic carbocycles. The topological polar surface area (TPSA) is 78.9 Å². The molecule has 0 aliphatic carbocycles. The fourth-order valence-corrected chi connectivity index (χ4v) is 9.51. The predicted molar refractivity (Wildman–Crippen MR) is 330 cm³/mol. The Morgan fingerprint density at radius 1 is 0.276 bits per heavy atom. The lowest BCUT2D eigenvalue weighted by Gasteiger charge is -2.18. The molecule has 0 N–H and O–H groups in total. The lowest BCUT2D eigenvalue weighted by molar-refractivity contribution is -0.167. The number of rotatable bonds is 60. The van der Waals surface area contributed by atoms with Gasteiger partial charge in [0.05, 0.1) is 0 Å². The molecule has 0 fully saturated rings. The van der Waals surface area contributed by atoms with Crippen LogP contribution in [0.15, 0.2) is 72.9 Å². The van der Waals surface area contributed by atoms with Gasteiger partial charge in [0, 0.05) is 19.3 Å². The van der Waals surface area contributed by atoms with E-state index in [1.54, 1.807) is 0 Å². The average molecular weight is 1060 g/mol. The zero-order chi connectivity index (χ0) is 55.0. The van der Waals surface area contributed by atoms with E-state index in [2.05, 4.69) is 93.7 Å². The van der Waals surface area contributed by atoms with Crippen LogP contribution < -0.4 is 0 Å². The quantitative estimate of drug-likeness (QED) is 0.0261. The largest absolute Gasteiger partial charge is 0.462 e. The van der Waals surface area contributed by atoms with E-state index in [1.807, 2.05) is 0 Å². The van der Waals surface area contributed by atoms with Crippen molar-refractivity contribution in [3.05, 3.63) is 72.9 Å². The van der Waals surface area contributed by atoms with Crippen molar-refractivity contribution in [2.45, 2.75) is 341 Å². The second kappa shape index (κ2) is 64.4. The van der Waals surface area contributed by atoms with E-state index in [9.17, 15) is 14.4 Å². The Morgan fingerprint density at radius 2 is 0.526 bits per heavy atom. The summed E-state index contributed by atoms with van der Waals surface area (Å²) < 4.78 is 16.9. The molecular weight excluding hydrogens is 937 g/mol. The Bertz CT molecular complexity index is 1400. The van der Waals surface area contributed by atoms with E-state index >= 15 is 0 Å². The van der Waals surface area contributed by atoms with Crippen molar-refractivity contribution in [3.63, 3.8) is 0 Å². The molecule has 0 bridgehead atoms. The summed E-state index contributed by atoms with van der Waals surface area (Å²) in [5.74, 6) is -0.872. The molecule has 0 radical (unpaired) electrons. The zero-order valence-corrected chi connectivity index (χ0v) is 50.5. The second-order valence-corrected chi connectivity index (χ2v) is 22.0. The van der Waals surface area contributed by atoms with Crippen LogP contribution in [0.3, 0.4) is 0 Å². The summed E-state index contributed by atoms with van der Waals surface area (Å²) >= 11 is 0. The zero-order valence-electron chi connectivity index (χ0n) is 50.5. The first-order chi connectivity index (χ1) is 37.5. The molecule has 0 saturated carbocycles. The van der Waals surface area contributed by atoms with Gasteiger partial charge in [0.1, 0.15) is 13.2 Å². The molecule has 76 heavy (non-hydrogen) atoms. The van der Waals surface area contributed by atoms with E-state index < -0.39 is 6.10 Å².